The second kappa shape index (κ2) is 6.86. The van der Waals surface area contributed by atoms with E-state index in [1.54, 1.807) is 0 Å². The Bertz CT molecular complexity index is 149. The van der Waals surface area contributed by atoms with E-state index in [0.717, 1.165) is 0 Å². The number of amides is 1. The van der Waals surface area contributed by atoms with Crippen molar-refractivity contribution < 1.29 is 9.90 Å². The lowest BCUT2D eigenvalue weighted by Crippen LogP contribution is -2.41. The lowest BCUT2D eigenvalue weighted by molar-refractivity contribution is -0.122. The quantitative estimate of drug-likeness (QED) is 0.543. The highest BCUT2D eigenvalue weighted by Crippen LogP contribution is 2.00. The standard InChI is InChI=1S/C9H20N2O2/c1-7(2)8(6-12)11-9(13)4-3-5-10/h7-8,12H,3-6,10H2,1-2H3,(H,11,13). The molecule has 0 rings (SSSR count). The number of rotatable bonds is 6. The summed E-state index contributed by atoms with van der Waals surface area (Å²) < 4.78 is 0. The van der Waals surface area contributed by atoms with Gasteiger partial charge in [-0.2, -0.15) is 0 Å². The molecule has 0 saturated carbocycles. The van der Waals surface area contributed by atoms with Gasteiger partial charge in [0.15, 0.2) is 0 Å². The molecule has 4 N–H and O–H groups in total. The third kappa shape index (κ3) is 5.60. The van der Waals surface area contributed by atoms with Crippen molar-refractivity contribution >= 4 is 5.91 Å². The maximum absolute atomic E-state index is 11.2. The van der Waals surface area contributed by atoms with E-state index in [1.165, 1.54) is 0 Å². The zero-order chi connectivity index (χ0) is 10.3. The molecule has 1 amide bonds. The number of hydrogen-bond donors (Lipinski definition) is 3. The minimum absolute atomic E-state index is 0.00791. The minimum Gasteiger partial charge on any atom is -0.394 e. The van der Waals surface area contributed by atoms with E-state index in [2.05, 4.69) is 5.32 Å². The zero-order valence-electron chi connectivity index (χ0n) is 8.42. The number of carbonyl (C=O) groups excluding carboxylic acids is 1. The summed E-state index contributed by atoms with van der Waals surface area (Å²) in [4.78, 5) is 11.2. The third-order valence-electron chi connectivity index (χ3n) is 1.96. The van der Waals surface area contributed by atoms with Gasteiger partial charge in [0.2, 0.25) is 5.91 Å². The van der Waals surface area contributed by atoms with Crippen molar-refractivity contribution in [2.24, 2.45) is 11.7 Å². The van der Waals surface area contributed by atoms with Crippen molar-refractivity contribution in [3.05, 3.63) is 0 Å². The van der Waals surface area contributed by atoms with E-state index in [-0.39, 0.29) is 24.5 Å². The highest BCUT2D eigenvalue weighted by atomic mass is 16.3. The van der Waals surface area contributed by atoms with E-state index in [9.17, 15) is 4.79 Å². The van der Waals surface area contributed by atoms with Gasteiger partial charge in [0.25, 0.3) is 0 Å². The first-order valence-electron chi connectivity index (χ1n) is 4.72. The molecule has 0 fully saturated rings. The molecule has 0 aromatic carbocycles. The molecule has 0 radical (unpaired) electrons. The van der Waals surface area contributed by atoms with E-state index in [1.807, 2.05) is 13.8 Å². The predicted octanol–water partition coefficient (Wildman–Crippen LogP) is -0.142. The number of hydrogen-bond acceptors (Lipinski definition) is 3. The second-order valence-corrected chi connectivity index (χ2v) is 3.49. The first-order valence-corrected chi connectivity index (χ1v) is 4.72. The van der Waals surface area contributed by atoms with Crippen molar-refractivity contribution in [3.8, 4) is 0 Å². The van der Waals surface area contributed by atoms with E-state index < -0.39 is 0 Å². The van der Waals surface area contributed by atoms with E-state index >= 15 is 0 Å². The molecule has 1 unspecified atom stereocenters. The van der Waals surface area contributed by atoms with Gasteiger partial charge in [0.05, 0.1) is 12.6 Å². The maximum Gasteiger partial charge on any atom is 0.220 e. The molecule has 0 aliphatic carbocycles. The second-order valence-electron chi connectivity index (χ2n) is 3.49. The fourth-order valence-corrected chi connectivity index (χ4v) is 0.965. The summed E-state index contributed by atoms with van der Waals surface area (Å²) in [6, 6.07) is -0.134. The van der Waals surface area contributed by atoms with Crippen LogP contribution in [0.25, 0.3) is 0 Å². The third-order valence-corrected chi connectivity index (χ3v) is 1.96. The molecule has 4 nitrogen and oxygen atoms in total. The molecule has 0 heterocycles. The molecule has 0 aliphatic heterocycles. The molecule has 0 aromatic rings. The van der Waals surface area contributed by atoms with Gasteiger partial charge in [0, 0.05) is 6.42 Å². The van der Waals surface area contributed by atoms with Crippen LogP contribution in [-0.4, -0.2) is 30.2 Å². The summed E-state index contributed by atoms with van der Waals surface area (Å²) in [5.41, 5.74) is 5.27. The Hall–Kier alpha value is -0.610. The van der Waals surface area contributed by atoms with Crippen LogP contribution in [0, 0.1) is 5.92 Å². The fraction of sp³-hybridized carbons (Fsp3) is 0.889. The van der Waals surface area contributed by atoms with Gasteiger partial charge in [-0.05, 0) is 18.9 Å². The highest BCUT2D eigenvalue weighted by Gasteiger charge is 2.13. The molecule has 4 heteroatoms. The van der Waals surface area contributed by atoms with Crippen molar-refractivity contribution in [1.29, 1.82) is 0 Å². The molecule has 0 spiro atoms. The van der Waals surface area contributed by atoms with Crippen LogP contribution in [0.3, 0.4) is 0 Å². The normalized spacial score (nSPS) is 13.0. The summed E-state index contributed by atoms with van der Waals surface area (Å²) in [6.45, 7) is 4.44. The number of nitrogens with two attached hydrogens (primary N) is 1. The Morgan fingerprint density at radius 2 is 2.15 bits per heavy atom. The van der Waals surface area contributed by atoms with Gasteiger partial charge in [-0.25, -0.2) is 0 Å². The molecule has 0 aromatic heterocycles. The zero-order valence-corrected chi connectivity index (χ0v) is 8.42. The number of aliphatic hydroxyl groups is 1. The smallest absolute Gasteiger partial charge is 0.220 e. The van der Waals surface area contributed by atoms with Gasteiger partial charge in [-0.3, -0.25) is 4.79 Å². The van der Waals surface area contributed by atoms with Crippen LogP contribution in [0.2, 0.25) is 0 Å². The molecule has 13 heavy (non-hydrogen) atoms. The molecular formula is C9H20N2O2. The Kier molecular flexibility index (Phi) is 6.54. The first kappa shape index (κ1) is 12.4. The van der Waals surface area contributed by atoms with Crippen LogP contribution in [0.1, 0.15) is 26.7 Å². The summed E-state index contributed by atoms with van der Waals surface area (Å²) in [5.74, 6) is 0.227. The van der Waals surface area contributed by atoms with E-state index in [4.69, 9.17) is 10.8 Å². The molecule has 0 aliphatic rings. The predicted molar refractivity (Wildman–Crippen MR) is 52.1 cm³/mol. The maximum atomic E-state index is 11.2. The molecule has 78 valence electrons. The summed E-state index contributed by atoms with van der Waals surface area (Å²) in [5, 5.41) is 11.7. The van der Waals surface area contributed by atoms with Crippen molar-refractivity contribution in [2.75, 3.05) is 13.2 Å². The SMILES string of the molecule is CC(C)C(CO)NC(=O)CCCN. The van der Waals surface area contributed by atoms with Crippen LogP contribution >= 0.6 is 0 Å². The van der Waals surface area contributed by atoms with Gasteiger partial charge < -0.3 is 16.2 Å². The number of aliphatic hydroxyl groups excluding tert-OH is 1. The van der Waals surface area contributed by atoms with Gasteiger partial charge in [0.1, 0.15) is 0 Å². The number of carbonyl (C=O) groups is 1. The number of nitrogens with one attached hydrogen (secondary N) is 1. The monoisotopic (exact) mass is 188 g/mol. The van der Waals surface area contributed by atoms with Crippen LogP contribution in [0.5, 0.6) is 0 Å². The van der Waals surface area contributed by atoms with Crippen LogP contribution in [0.15, 0.2) is 0 Å². The fourth-order valence-electron chi connectivity index (χ4n) is 0.965. The first-order chi connectivity index (χ1) is 6.11. The Morgan fingerprint density at radius 1 is 1.54 bits per heavy atom. The Balaban J connectivity index is 3.73. The summed E-state index contributed by atoms with van der Waals surface area (Å²) in [7, 11) is 0. The van der Waals surface area contributed by atoms with Crippen LogP contribution < -0.4 is 11.1 Å². The average molecular weight is 188 g/mol. The Morgan fingerprint density at radius 3 is 2.54 bits per heavy atom. The summed E-state index contributed by atoms with van der Waals surface area (Å²) in [6.07, 6.45) is 1.14. The molecular weight excluding hydrogens is 168 g/mol. The van der Waals surface area contributed by atoms with Crippen molar-refractivity contribution in [2.45, 2.75) is 32.7 Å². The molecule has 0 bridgehead atoms. The molecule has 1 atom stereocenters. The minimum atomic E-state index is -0.134. The Labute approximate surface area is 79.5 Å². The topological polar surface area (TPSA) is 75.3 Å². The van der Waals surface area contributed by atoms with Gasteiger partial charge >= 0.3 is 0 Å². The van der Waals surface area contributed by atoms with Gasteiger partial charge in [-0.1, -0.05) is 13.8 Å². The lowest BCUT2D eigenvalue weighted by Gasteiger charge is -2.19. The average Bonchev–Trinajstić information content (AvgIpc) is 2.10. The van der Waals surface area contributed by atoms with Crippen molar-refractivity contribution in [1.82, 2.24) is 5.32 Å². The van der Waals surface area contributed by atoms with Crippen molar-refractivity contribution in [3.63, 3.8) is 0 Å². The molecule has 0 saturated heterocycles. The lowest BCUT2D eigenvalue weighted by atomic mass is 10.1. The highest BCUT2D eigenvalue weighted by molar-refractivity contribution is 5.76. The van der Waals surface area contributed by atoms with Crippen LogP contribution in [-0.2, 0) is 4.79 Å². The van der Waals surface area contributed by atoms with E-state index in [0.29, 0.717) is 19.4 Å². The largest absolute Gasteiger partial charge is 0.394 e. The summed E-state index contributed by atoms with van der Waals surface area (Å²) >= 11 is 0. The van der Waals surface area contributed by atoms with Gasteiger partial charge in [-0.15, -0.1) is 0 Å². The van der Waals surface area contributed by atoms with Crippen LogP contribution in [0.4, 0.5) is 0 Å².